The monoisotopic (exact) mass is 342 g/mol. The van der Waals surface area contributed by atoms with Crippen molar-refractivity contribution in [3.05, 3.63) is 28.7 Å². The SMILES string of the molecule is CS(=O)(=O)C1CCCC1(C#N)Nc1ccc(Br)cc1. The molecule has 0 amide bonds. The summed E-state index contributed by atoms with van der Waals surface area (Å²) in [6.45, 7) is 0. The number of rotatable bonds is 3. The fourth-order valence-electron chi connectivity index (χ4n) is 2.64. The molecule has 19 heavy (non-hydrogen) atoms. The summed E-state index contributed by atoms with van der Waals surface area (Å²) in [5.74, 6) is 0. The molecule has 1 fully saturated rings. The molecule has 2 rings (SSSR count). The molecule has 1 aliphatic rings. The lowest BCUT2D eigenvalue weighted by Crippen LogP contribution is -2.47. The van der Waals surface area contributed by atoms with Crippen LogP contribution in [0.15, 0.2) is 28.7 Å². The lowest BCUT2D eigenvalue weighted by molar-refractivity contribution is 0.552. The van der Waals surface area contributed by atoms with Crippen LogP contribution in [-0.4, -0.2) is 25.5 Å². The van der Waals surface area contributed by atoms with Gasteiger partial charge in [0.2, 0.25) is 0 Å². The van der Waals surface area contributed by atoms with Gasteiger partial charge in [-0.15, -0.1) is 0 Å². The first kappa shape index (κ1) is 14.4. The van der Waals surface area contributed by atoms with Crippen molar-refractivity contribution in [2.75, 3.05) is 11.6 Å². The van der Waals surface area contributed by atoms with Crippen LogP contribution >= 0.6 is 15.9 Å². The average molecular weight is 343 g/mol. The highest BCUT2D eigenvalue weighted by Gasteiger charge is 2.48. The summed E-state index contributed by atoms with van der Waals surface area (Å²) in [4.78, 5) is 0. The summed E-state index contributed by atoms with van der Waals surface area (Å²) in [5.41, 5.74) is -0.248. The van der Waals surface area contributed by atoms with Gasteiger partial charge in [-0.05, 0) is 43.5 Å². The first-order chi connectivity index (χ1) is 8.87. The van der Waals surface area contributed by atoms with Crippen molar-refractivity contribution in [1.82, 2.24) is 0 Å². The minimum absolute atomic E-state index is 0.538. The predicted octanol–water partition coefficient (Wildman–Crippen LogP) is 2.72. The van der Waals surface area contributed by atoms with Gasteiger partial charge in [-0.1, -0.05) is 15.9 Å². The quantitative estimate of drug-likeness (QED) is 0.916. The standard InChI is InChI=1S/C13H15BrN2O2S/c1-19(17,18)12-3-2-8-13(12,9-15)16-11-6-4-10(14)5-7-11/h4-7,12,16H,2-3,8H2,1H3. The summed E-state index contributed by atoms with van der Waals surface area (Å²) < 4.78 is 24.6. The Balaban J connectivity index is 2.33. The van der Waals surface area contributed by atoms with Crippen LogP contribution in [-0.2, 0) is 9.84 Å². The number of benzene rings is 1. The van der Waals surface area contributed by atoms with Crippen LogP contribution in [0.3, 0.4) is 0 Å². The third kappa shape index (κ3) is 2.93. The van der Waals surface area contributed by atoms with E-state index in [1.807, 2.05) is 24.3 Å². The van der Waals surface area contributed by atoms with Gasteiger partial charge in [0.1, 0.15) is 5.54 Å². The third-order valence-corrected chi connectivity index (χ3v) is 5.72. The zero-order chi connectivity index (χ0) is 14.1. The molecule has 0 spiro atoms. The molecule has 102 valence electrons. The molecule has 2 atom stereocenters. The summed E-state index contributed by atoms with van der Waals surface area (Å²) in [6.07, 6.45) is 3.04. The minimum atomic E-state index is -3.24. The van der Waals surface area contributed by atoms with E-state index in [1.165, 1.54) is 6.26 Å². The summed E-state index contributed by atoms with van der Waals surface area (Å²) >= 11 is 3.34. The van der Waals surface area contributed by atoms with Crippen molar-refractivity contribution in [3.8, 4) is 6.07 Å². The summed E-state index contributed by atoms with van der Waals surface area (Å²) in [6, 6.07) is 9.58. The smallest absolute Gasteiger partial charge is 0.153 e. The van der Waals surface area contributed by atoms with Gasteiger partial charge >= 0.3 is 0 Å². The van der Waals surface area contributed by atoms with E-state index in [-0.39, 0.29) is 0 Å². The van der Waals surface area contributed by atoms with Gasteiger partial charge in [0.15, 0.2) is 9.84 Å². The molecule has 4 nitrogen and oxygen atoms in total. The normalized spacial score (nSPS) is 26.9. The maximum Gasteiger partial charge on any atom is 0.153 e. The van der Waals surface area contributed by atoms with Crippen LogP contribution in [0.2, 0.25) is 0 Å². The van der Waals surface area contributed by atoms with Gasteiger partial charge in [-0.2, -0.15) is 5.26 Å². The van der Waals surface area contributed by atoms with E-state index in [0.717, 1.165) is 16.6 Å². The first-order valence-corrected chi connectivity index (χ1v) is 8.76. The number of sulfone groups is 1. The molecule has 0 saturated heterocycles. The zero-order valence-corrected chi connectivity index (χ0v) is 13.0. The maximum absolute atomic E-state index is 11.9. The number of nitrogens with one attached hydrogen (secondary N) is 1. The largest absolute Gasteiger partial charge is 0.366 e. The molecule has 0 aromatic heterocycles. The Kier molecular flexibility index (Phi) is 3.88. The van der Waals surface area contributed by atoms with E-state index >= 15 is 0 Å². The maximum atomic E-state index is 11.9. The molecule has 6 heteroatoms. The Morgan fingerprint density at radius 3 is 2.58 bits per heavy atom. The molecule has 1 aromatic rings. The van der Waals surface area contributed by atoms with Gasteiger partial charge in [0.25, 0.3) is 0 Å². The van der Waals surface area contributed by atoms with Crippen LogP contribution < -0.4 is 5.32 Å². The fourth-order valence-corrected chi connectivity index (χ4v) is 4.46. The predicted molar refractivity (Wildman–Crippen MR) is 78.6 cm³/mol. The van der Waals surface area contributed by atoms with Crippen molar-refractivity contribution in [2.45, 2.75) is 30.1 Å². The van der Waals surface area contributed by atoms with E-state index < -0.39 is 20.6 Å². The van der Waals surface area contributed by atoms with E-state index in [2.05, 4.69) is 27.3 Å². The molecule has 1 N–H and O–H groups in total. The molecule has 0 bridgehead atoms. The molecule has 1 aromatic carbocycles. The van der Waals surface area contributed by atoms with Crippen LogP contribution in [0.25, 0.3) is 0 Å². The van der Waals surface area contributed by atoms with Gasteiger partial charge in [-0.25, -0.2) is 8.42 Å². The number of anilines is 1. The molecular weight excluding hydrogens is 328 g/mol. The number of hydrogen-bond acceptors (Lipinski definition) is 4. The molecule has 0 heterocycles. The molecule has 0 radical (unpaired) electrons. The minimum Gasteiger partial charge on any atom is -0.366 e. The molecule has 2 unspecified atom stereocenters. The Labute approximate surface area is 121 Å². The van der Waals surface area contributed by atoms with Gasteiger partial charge in [0, 0.05) is 16.4 Å². The number of nitrogens with zero attached hydrogens (tertiary/aromatic N) is 1. The van der Waals surface area contributed by atoms with E-state index in [1.54, 1.807) is 0 Å². The molecular formula is C13H15BrN2O2S. The first-order valence-electron chi connectivity index (χ1n) is 6.01. The van der Waals surface area contributed by atoms with Crippen LogP contribution in [0.4, 0.5) is 5.69 Å². The van der Waals surface area contributed by atoms with Gasteiger partial charge in [0.05, 0.1) is 11.3 Å². The van der Waals surface area contributed by atoms with Crippen molar-refractivity contribution in [1.29, 1.82) is 5.26 Å². The highest BCUT2D eigenvalue weighted by molar-refractivity contribution is 9.10. The Morgan fingerprint density at radius 1 is 1.42 bits per heavy atom. The summed E-state index contributed by atoms with van der Waals surface area (Å²) in [7, 11) is -3.24. The highest BCUT2D eigenvalue weighted by atomic mass is 79.9. The van der Waals surface area contributed by atoms with Gasteiger partial charge in [-0.3, -0.25) is 0 Å². The summed E-state index contributed by atoms with van der Waals surface area (Å²) in [5, 5.41) is 12.0. The molecule has 1 saturated carbocycles. The van der Waals surface area contributed by atoms with Crippen molar-refractivity contribution >= 4 is 31.5 Å². The second-order valence-electron chi connectivity index (χ2n) is 4.93. The second-order valence-corrected chi connectivity index (χ2v) is 8.07. The van der Waals surface area contributed by atoms with Crippen LogP contribution in [0, 0.1) is 11.3 Å². The lowest BCUT2D eigenvalue weighted by Gasteiger charge is -2.29. The van der Waals surface area contributed by atoms with E-state index in [9.17, 15) is 13.7 Å². The van der Waals surface area contributed by atoms with Gasteiger partial charge < -0.3 is 5.32 Å². The number of halogens is 1. The lowest BCUT2D eigenvalue weighted by atomic mass is 9.99. The third-order valence-electron chi connectivity index (χ3n) is 3.52. The topological polar surface area (TPSA) is 70.0 Å². The van der Waals surface area contributed by atoms with Crippen LogP contribution in [0.5, 0.6) is 0 Å². The molecule has 0 aliphatic heterocycles. The highest BCUT2D eigenvalue weighted by Crippen LogP contribution is 2.37. The second kappa shape index (κ2) is 5.14. The molecule has 1 aliphatic carbocycles. The Hall–Kier alpha value is -1.06. The number of hydrogen-bond donors (Lipinski definition) is 1. The number of nitriles is 1. The van der Waals surface area contributed by atoms with Crippen molar-refractivity contribution in [3.63, 3.8) is 0 Å². The Bertz CT molecular complexity index is 607. The Morgan fingerprint density at radius 2 is 2.05 bits per heavy atom. The van der Waals surface area contributed by atoms with Crippen LogP contribution in [0.1, 0.15) is 19.3 Å². The van der Waals surface area contributed by atoms with E-state index in [4.69, 9.17) is 0 Å². The van der Waals surface area contributed by atoms with Crippen molar-refractivity contribution in [2.24, 2.45) is 0 Å². The zero-order valence-electron chi connectivity index (χ0n) is 10.6. The fraction of sp³-hybridized carbons (Fsp3) is 0.462. The van der Waals surface area contributed by atoms with Crippen molar-refractivity contribution < 1.29 is 8.42 Å². The average Bonchev–Trinajstić information content (AvgIpc) is 2.76. The van der Waals surface area contributed by atoms with E-state index in [0.29, 0.717) is 12.8 Å².